The van der Waals surface area contributed by atoms with Crippen molar-refractivity contribution in [3.63, 3.8) is 0 Å². The fraction of sp³-hybridized carbons (Fsp3) is 0.667. The Balaban J connectivity index is 1.89. The van der Waals surface area contributed by atoms with E-state index >= 15 is 0 Å². The van der Waals surface area contributed by atoms with E-state index in [1.54, 1.807) is 0 Å². The maximum Gasteiger partial charge on any atom is 0.309 e. The van der Waals surface area contributed by atoms with E-state index < -0.39 is 17.3 Å². The van der Waals surface area contributed by atoms with Crippen molar-refractivity contribution in [2.45, 2.75) is 43.9 Å². The number of carboxylic acids is 1. The normalized spacial score (nSPS) is 36.1. The number of carboxylic acid groups (broad SMARTS) is 1. The zero-order valence-electron chi connectivity index (χ0n) is 9.41. The molecule has 17 heavy (non-hydrogen) atoms. The fourth-order valence-electron chi connectivity index (χ4n) is 3.32. The minimum Gasteiger partial charge on any atom is -0.481 e. The molecule has 2 bridgehead atoms. The van der Waals surface area contributed by atoms with E-state index in [9.17, 15) is 14.3 Å². The SMILES string of the molecule is O=C(O)C12CCC(c3nc(F)cs3)(CC1)CC2. The third kappa shape index (κ3) is 1.52. The van der Waals surface area contributed by atoms with Crippen LogP contribution in [-0.4, -0.2) is 16.1 Å². The molecule has 0 radical (unpaired) electrons. The van der Waals surface area contributed by atoms with Crippen LogP contribution in [0, 0.1) is 11.4 Å². The van der Waals surface area contributed by atoms with E-state index in [0.29, 0.717) is 19.3 Å². The van der Waals surface area contributed by atoms with Gasteiger partial charge < -0.3 is 5.11 Å². The summed E-state index contributed by atoms with van der Waals surface area (Å²) in [5.41, 5.74) is -0.538. The Morgan fingerprint density at radius 2 is 1.88 bits per heavy atom. The van der Waals surface area contributed by atoms with E-state index in [1.807, 2.05) is 0 Å². The third-order valence-electron chi connectivity index (χ3n) is 4.63. The number of thiazole rings is 1. The van der Waals surface area contributed by atoms with Crippen LogP contribution < -0.4 is 0 Å². The first-order valence-electron chi connectivity index (χ1n) is 5.91. The summed E-state index contributed by atoms with van der Waals surface area (Å²) in [6, 6.07) is 0. The zero-order valence-corrected chi connectivity index (χ0v) is 10.2. The third-order valence-corrected chi connectivity index (χ3v) is 5.69. The van der Waals surface area contributed by atoms with Crippen molar-refractivity contribution in [1.29, 1.82) is 0 Å². The minimum absolute atomic E-state index is 0.0355. The average molecular weight is 255 g/mol. The van der Waals surface area contributed by atoms with Gasteiger partial charge in [-0.1, -0.05) is 0 Å². The first kappa shape index (κ1) is 11.1. The molecular formula is C12H14FNO2S. The van der Waals surface area contributed by atoms with Gasteiger partial charge in [0.1, 0.15) is 5.01 Å². The van der Waals surface area contributed by atoms with E-state index in [0.717, 1.165) is 24.3 Å². The van der Waals surface area contributed by atoms with Gasteiger partial charge in [-0.25, -0.2) is 4.98 Å². The van der Waals surface area contributed by atoms with E-state index in [2.05, 4.69) is 4.98 Å². The molecule has 1 aromatic rings. The Labute approximate surface area is 103 Å². The van der Waals surface area contributed by atoms with Gasteiger partial charge >= 0.3 is 5.97 Å². The predicted molar refractivity (Wildman–Crippen MR) is 61.5 cm³/mol. The molecule has 92 valence electrons. The Kier molecular flexibility index (Phi) is 2.30. The van der Waals surface area contributed by atoms with Crippen molar-refractivity contribution in [2.75, 3.05) is 0 Å². The highest BCUT2D eigenvalue weighted by atomic mass is 32.1. The molecular weight excluding hydrogens is 241 g/mol. The number of carbonyl (C=O) groups is 1. The van der Waals surface area contributed by atoms with Crippen molar-refractivity contribution in [3.05, 3.63) is 16.3 Å². The van der Waals surface area contributed by atoms with Crippen molar-refractivity contribution in [1.82, 2.24) is 4.98 Å². The molecule has 0 amide bonds. The lowest BCUT2D eigenvalue weighted by atomic mass is 9.54. The molecule has 3 aliphatic rings. The summed E-state index contributed by atoms with van der Waals surface area (Å²) < 4.78 is 13.0. The van der Waals surface area contributed by atoms with E-state index in [1.165, 1.54) is 16.7 Å². The Morgan fingerprint density at radius 1 is 1.29 bits per heavy atom. The van der Waals surface area contributed by atoms with Crippen LogP contribution in [0.1, 0.15) is 43.5 Å². The molecule has 0 aromatic carbocycles. The highest BCUT2D eigenvalue weighted by Gasteiger charge is 2.54. The number of nitrogens with zero attached hydrogens (tertiary/aromatic N) is 1. The molecule has 3 saturated carbocycles. The number of rotatable bonds is 2. The van der Waals surface area contributed by atoms with Crippen LogP contribution in [0.15, 0.2) is 5.38 Å². The average Bonchev–Trinajstić information content (AvgIpc) is 2.79. The number of hydrogen-bond acceptors (Lipinski definition) is 3. The Morgan fingerprint density at radius 3 is 2.29 bits per heavy atom. The number of hydrogen-bond donors (Lipinski definition) is 1. The van der Waals surface area contributed by atoms with Gasteiger partial charge in [-0.15, -0.1) is 11.3 Å². The van der Waals surface area contributed by atoms with Crippen molar-refractivity contribution in [3.8, 4) is 0 Å². The highest BCUT2D eigenvalue weighted by Crippen LogP contribution is 2.58. The van der Waals surface area contributed by atoms with Crippen molar-refractivity contribution < 1.29 is 14.3 Å². The van der Waals surface area contributed by atoms with E-state index in [-0.39, 0.29) is 5.41 Å². The molecule has 4 rings (SSSR count). The van der Waals surface area contributed by atoms with Crippen LogP contribution in [0.2, 0.25) is 0 Å². The number of aromatic nitrogens is 1. The molecule has 5 heteroatoms. The molecule has 0 aliphatic heterocycles. The van der Waals surface area contributed by atoms with Crippen LogP contribution in [0.25, 0.3) is 0 Å². The predicted octanol–water partition coefficient (Wildman–Crippen LogP) is 2.96. The second kappa shape index (κ2) is 3.51. The van der Waals surface area contributed by atoms with Gasteiger partial charge in [0.25, 0.3) is 0 Å². The quantitative estimate of drug-likeness (QED) is 0.884. The Hall–Kier alpha value is -0.970. The first-order chi connectivity index (χ1) is 8.06. The van der Waals surface area contributed by atoms with Crippen LogP contribution >= 0.6 is 11.3 Å². The summed E-state index contributed by atoms with van der Waals surface area (Å²) in [6.45, 7) is 0. The summed E-state index contributed by atoms with van der Waals surface area (Å²) >= 11 is 1.38. The largest absolute Gasteiger partial charge is 0.481 e. The summed E-state index contributed by atoms with van der Waals surface area (Å²) in [6.07, 6.45) is 4.65. The summed E-state index contributed by atoms with van der Waals surface area (Å²) in [7, 11) is 0. The monoisotopic (exact) mass is 255 g/mol. The maximum absolute atomic E-state index is 13.0. The minimum atomic E-state index is -0.656. The first-order valence-corrected chi connectivity index (χ1v) is 6.79. The van der Waals surface area contributed by atoms with Gasteiger partial charge in [-0.05, 0) is 38.5 Å². The van der Waals surface area contributed by atoms with Gasteiger partial charge in [0.05, 0.1) is 5.41 Å². The van der Waals surface area contributed by atoms with Crippen molar-refractivity contribution in [2.24, 2.45) is 5.41 Å². The number of halogens is 1. The lowest BCUT2D eigenvalue weighted by molar-refractivity contribution is -0.156. The molecule has 3 nitrogen and oxygen atoms in total. The molecule has 3 aliphatic carbocycles. The molecule has 1 aromatic heterocycles. The highest BCUT2D eigenvalue weighted by molar-refractivity contribution is 7.09. The van der Waals surface area contributed by atoms with Gasteiger partial charge in [0.15, 0.2) is 0 Å². The van der Waals surface area contributed by atoms with Crippen LogP contribution in [0.3, 0.4) is 0 Å². The summed E-state index contributed by atoms with van der Waals surface area (Å²) in [4.78, 5) is 15.3. The molecule has 0 atom stereocenters. The van der Waals surface area contributed by atoms with Crippen LogP contribution in [-0.2, 0) is 10.2 Å². The Bertz CT molecular complexity index is 446. The molecule has 3 fully saturated rings. The van der Waals surface area contributed by atoms with Crippen LogP contribution in [0.5, 0.6) is 0 Å². The molecule has 0 unspecified atom stereocenters. The lowest BCUT2D eigenvalue weighted by Gasteiger charge is -2.50. The maximum atomic E-state index is 13.0. The smallest absolute Gasteiger partial charge is 0.309 e. The second-order valence-electron chi connectivity index (χ2n) is 5.34. The van der Waals surface area contributed by atoms with Gasteiger partial charge in [-0.2, -0.15) is 4.39 Å². The molecule has 0 saturated heterocycles. The lowest BCUT2D eigenvalue weighted by Crippen LogP contribution is -2.47. The summed E-state index contributed by atoms with van der Waals surface area (Å²) in [5.74, 6) is -1.06. The van der Waals surface area contributed by atoms with Crippen LogP contribution in [0.4, 0.5) is 4.39 Å². The molecule has 0 spiro atoms. The van der Waals surface area contributed by atoms with Gasteiger partial charge in [-0.3, -0.25) is 4.79 Å². The van der Waals surface area contributed by atoms with Crippen molar-refractivity contribution >= 4 is 17.3 Å². The fourth-order valence-corrected chi connectivity index (χ4v) is 4.28. The standard InChI is InChI=1S/C12H14FNO2S/c13-8-7-17-9(14-8)11-1-4-12(5-2-11,6-3-11)10(15)16/h7H,1-6H2,(H,15,16). The molecule has 1 heterocycles. The summed E-state index contributed by atoms with van der Waals surface area (Å²) in [5, 5.41) is 11.6. The zero-order chi connectivity index (χ0) is 12.1. The number of fused-ring (bicyclic) bond motifs is 3. The number of aliphatic carboxylic acids is 1. The second-order valence-corrected chi connectivity index (χ2v) is 6.20. The van der Waals surface area contributed by atoms with E-state index in [4.69, 9.17) is 0 Å². The van der Waals surface area contributed by atoms with Gasteiger partial charge in [0, 0.05) is 10.8 Å². The van der Waals surface area contributed by atoms with Gasteiger partial charge in [0.2, 0.25) is 5.95 Å². The topological polar surface area (TPSA) is 50.2 Å². The molecule has 1 N–H and O–H groups in total.